The van der Waals surface area contributed by atoms with Gasteiger partial charge < -0.3 is 49.2 Å². The van der Waals surface area contributed by atoms with E-state index in [9.17, 15) is 49.8 Å². The third-order valence-electron chi connectivity index (χ3n) is 8.92. The second-order valence-electron chi connectivity index (χ2n) is 13.5. The molecule has 6 atom stereocenters. The van der Waals surface area contributed by atoms with Gasteiger partial charge in [-0.25, -0.2) is 0 Å². The van der Waals surface area contributed by atoms with E-state index < -0.39 is 47.5 Å². The third kappa shape index (κ3) is 25.1. The Kier molecular flexibility index (Phi) is 31.9. The van der Waals surface area contributed by atoms with Crippen LogP contribution in [0.3, 0.4) is 0 Å². The van der Waals surface area contributed by atoms with Crippen LogP contribution in [0.1, 0.15) is 92.9 Å². The molecule has 0 rings (SSSR count). The van der Waals surface area contributed by atoms with Crippen molar-refractivity contribution in [2.45, 2.75) is 92.9 Å². The molecular weight excluding hydrogens is 660 g/mol. The van der Waals surface area contributed by atoms with E-state index in [0.29, 0.717) is 48.2 Å². The van der Waals surface area contributed by atoms with Gasteiger partial charge in [-0.15, -0.1) is 0 Å². The summed E-state index contributed by atoms with van der Waals surface area (Å²) in [5.74, 6) is -6.60. The normalized spacial score (nSPS) is 16.3. The quantitative estimate of drug-likeness (QED) is 0.0399. The molecule has 0 aromatic rings. The first-order valence-electron chi connectivity index (χ1n) is 17.6. The minimum absolute atomic E-state index is 0. The summed E-state index contributed by atoms with van der Waals surface area (Å²) >= 11 is 0. The molecule has 0 aliphatic rings. The smallest absolute Gasteiger partial charge is 0.550 e. The summed E-state index contributed by atoms with van der Waals surface area (Å²) < 4.78 is 0.617. The predicted molar refractivity (Wildman–Crippen MR) is 188 cm³/mol. The van der Waals surface area contributed by atoms with E-state index in [-0.39, 0.29) is 64.0 Å². The summed E-state index contributed by atoms with van der Waals surface area (Å²) in [7, 11) is 0. The van der Waals surface area contributed by atoms with Gasteiger partial charge in [-0.05, 0) is 79.1 Å². The zero-order valence-electron chi connectivity index (χ0n) is 31.2. The van der Waals surface area contributed by atoms with Crippen molar-refractivity contribution in [1.29, 1.82) is 0 Å². The molecular formula is C36H66CaN2O10+2. The van der Waals surface area contributed by atoms with Crippen molar-refractivity contribution in [1.82, 2.24) is 0 Å². The fourth-order valence-corrected chi connectivity index (χ4v) is 6.26. The second-order valence-corrected chi connectivity index (χ2v) is 13.5. The summed E-state index contributed by atoms with van der Waals surface area (Å²) in [4.78, 5) is 44.8. The van der Waals surface area contributed by atoms with Gasteiger partial charge in [0.25, 0.3) is 0 Å². The minimum Gasteiger partial charge on any atom is -0.550 e. The van der Waals surface area contributed by atoms with Crippen molar-refractivity contribution >= 4 is 61.6 Å². The van der Waals surface area contributed by atoms with Crippen LogP contribution in [0.5, 0.6) is 0 Å². The average molecular weight is 727 g/mol. The standard InChI is InChI=1S/2C18H33NO5.Ca/c2*1-4-5-6-7-8-9-10-19(11-12-20,13-15(2)17(21)22)14-16(3)18(23)24;/h2*4-5,15-16,20H,6-14H2,1-3H3,(H-,21,22,23,24);/q;;+2/b2*5-4+;. The number of aliphatic carboxylic acids is 4. The number of nitrogens with zero attached hydrogens (tertiary/aromatic N) is 2. The molecule has 49 heavy (non-hydrogen) atoms. The molecule has 12 nitrogen and oxygen atoms in total. The van der Waals surface area contributed by atoms with Crippen LogP contribution in [-0.4, -0.2) is 157 Å². The Balaban J connectivity index is -0.000000846. The summed E-state index contributed by atoms with van der Waals surface area (Å²) in [6, 6.07) is 0. The first kappa shape index (κ1) is 51.8. The molecule has 280 valence electrons. The zero-order chi connectivity index (χ0) is 37.2. The summed E-state index contributed by atoms with van der Waals surface area (Å²) in [5.41, 5.74) is 0. The van der Waals surface area contributed by atoms with Crippen LogP contribution in [-0.2, 0) is 19.2 Å². The topological polar surface area (TPSA) is 195 Å². The molecule has 0 aromatic heterocycles. The number of allylic oxidation sites excluding steroid dienone is 4. The molecule has 0 saturated carbocycles. The Morgan fingerprint density at radius 2 is 0.857 bits per heavy atom. The minimum atomic E-state index is -1.13. The molecule has 4 N–H and O–H groups in total. The Morgan fingerprint density at radius 1 is 0.551 bits per heavy atom. The maximum absolute atomic E-state index is 11.2. The zero-order valence-corrected chi connectivity index (χ0v) is 33.4. The van der Waals surface area contributed by atoms with Gasteiger partial charge in [0.15, 0.2) is 0 Å². The summed E-state index contributed by atoms with van der Waals surface area (Å²) in [6.07, 6.45) is 16.1. The molecule has 6 unspecified atom stereocenters. The maximum Gasteiger partial charge on any atom is 2.00 e. The van der Waals surface area contributed by atoms with Crippen molar-refractivity contribution in [3.05, 3.63) is 24.3 Å². The van der Waals surface area contributed by atoms with E-state index >= 15 is 0 Å². The van der Waals surface area contributed by atoms with E-state index in [1.807, 2.05) is 26.0 Å². The third-order valence-corrected chi connectivity index (χ3v) is 8.92. The molecule has 0 amide bonds. The molecule has 0 aliphatic heterocycles. The van der Waals surface area contributed by atoms with Gasteiger partial charge in [-0.3, -0.25) is 9.59 Å². The van der Waals surface area contributed by atoms with Crippen LogP contribution >= 0.6 is 0 Å². The van der Waals surface area contributed by atoms with E-state index in [1.54, 1.807) is 27.7 Å². The number of hydrogen-bond acceptors (Lipinski definition) is 8. The molecule has 0 bridgehead atoms. The summed E-state index contributed by atoms with van der Waals surface area (Å²) in [6.45, 7) is 13.5. The van der Waals surface area contributed by atoms with E-state index in [2.05, 4.69) is 12.2 Å². The van der Waals surface area contributed by atoms with Crippen molar-refractivity contribution in [2.24, 2.45) is 23.7 Å². The first-order chi connectivity index (χ1) is 22.6. The van der Waals surface area contributed by atoms with Crippen molar-refractivity contribution in [3.8, 4) is 0 Å². The van der Waals surface area contributed by atoms with Crippen molar-refractivity contribution in [2.75, 3.05) is 65.6 Å². The first-order valence-corrected chi connectivity index (χ1v) is 17.6. The Bertz CT molecular complexity index is 855. The SMILES string of the molecule is C/C=C/CCCCC[N+](CCO)(CC(C)C(=O)[O-])CC(C)C(=O)O.C/C=C/CCCCC[N+](CCO)(CC(C)C(=O)[O-])CC(C)C(=O)O.[Ca+2]. The van der Waals surface area contributed by atoms with Gasteiger partial charge in [-0.1, -0.05) is 38.2 Å². The molecule has 0 aliphatic carbocycles. The van der Waals surface area contributed by atoms with Gasteiger partial charge in [0.1, 0.15) is 24.9 Å². The number of hydrogen-bond donors (Lipinski definition) is 4. The van der Waals surface area contributed by atoms with Crippen molar-refractivity contribution in [3.63, 3.8) is 0 Å². The molecule has 0 spiro atoms. The second kappa shape index (κ2) is 30.1. The average Bonchev–Trinajstić information content (AvgIpc) is 3.00. The molecule has 0 radical (unpaired) electrons. The van der Waals surface area contributed by atoms with Crippen LogP contribution < -0.4 is 10.2 Å². The monoisotopic (exact) mass is 726 g/mol. The maximum atomic E-state index is 11.2. The van der Waals surface area contributed by atoms with Gasteiger partial charge >= 0.3 is 49.7 Å². The fraction of sp³-hybridized carbons (Fsp3) is 0.778. The number of quaternary nitrogens is 2. The van der Waals surface area contributed by atoms with Crippen molar-refractivity contribution < 1.29 is 58.8 Å². The molecule has 0 aromatic carbocycles. The Labute approximate surface area is 325 Å². The Hall–Kier alpha value is -1.54. The number of aliphatic hydroxyl groups is 2. The van der Waals surface area contributed by atoms with Gasteiger partial charge in [0, 0.05) is 23.8 Å². The van der Waals surface area contributed by atoms with Crippen LogP contribution in [0.25, 0.3) is 0 Å². The van der Waals surface area contributed by atoms with Crippen LogP contribution in [0.15, 0.2) is 24.3 Å². The predicted octanol–water partition coefficient (Wildman–Crippen LogP) is 1.70. The molecule has 0 heterocycles. The van der Waals surface area contributed by atoms with Crippen LogP contribution in [0.4, 0.5) is 0 Å². The Morgan fingerprint density at radius 3 is 1.10 bits per heavy atom. The van der Waals surface area contributed by atoms with Gasteiger partial charge in [0.2, 0.25) is 0 Å². The number of carboxylic acids is 4. The number of unbranched alkanes of at least 4 members (excludes halogenated alkanes) is 6. The number of rotatable bonds is 28. The molecule has 13 heteroatoms. The van der Waals surface area contributed by atoms with Crippen LogP contribution in [0.2, 0.25) is 0 Å². The van der Waals surface area contributed by atoms with E-state index in [4.69, 9.17) is 0 Å². The van der Waals surface area contributed by atoms with Gasteiger partial charge in [-0.2, -0.15) is 0 Å². The molecule has 0 fully saturated rings. The summed E-state index contributed by atoms with van der Waals surface area (Å²) in [5, 5.41) is 59.6. The van der Waals surface area contributed by atoms with E-state index in [0.717, 1.165) is 51.4 Å². The number of carboxylic acid groups (broad SMARTS) is 4. The number of carbonyl (C=O) groups excluding carboxylic acids is 2. The van der Waals surface area contributed by atoms with E-state index in [1.165, 1.54) is 0 Å². The van der Waals surface area contributed by atoms with Crippen LogP contribution in [0, 0.1) is 23.7 Å². The number of aliphatic hydroxyl groups excluding tert-OH is 2. The largest absolute Gasteiger partial charge is 2.00 e. The fourth-order valence-electron chi connectivity index (χ4n) is 6.26. The van der Waals surface area contributed by atoms with Gasteiger partial charge in [0.05, 0.1) is 52.5 Å². The number of carbonyl (C=O) groups is 4. The molecule has 0 saturated heterocycles.